The molecule has 2 saturated heterocycles. The molecular formula is C21H26N2O3. The first kappa shape index (κ1) is 16.3. The maximum atomic E-state index is 13.2. The highest BCUT2D eigenvalue weighted by Gasteiger charge is 2.41. The Kier molecular flexibility index (Phi) is 3.83. The van der Waals surface area contributed by atoms with Crippen LogP contribution in [0.25, 0.3) is 10.9 Å². The number of aryl methyl sites for hydroxylation is 1. The predicted molar refractivity (Wildman–Crippen MR) is 99.3 cm³/mol. The molecular weight excluding hydrogens is 328 g/mol. The van der Waals surface area contributed by atoms with Gasteiger partial charge in [0.25, 0.3) is 5.91 Å². The Morgan fingerprint density at radius 2 is 2.00 bits per heavy atom. The van der Waals surface area contributed by atoms with Crippen molar-refractivity contribution in [2.75, 3.05) is 26.3 Å². The van der Waals surface area contributed by atoms with Crippen molar-refractivity contribution in [1.82, 2.24) is 9.88 Å². The van der Waals surface area contributed by atoms with Crippen LogP contribution in [0.1, 0.15) is 47.8 Å². The number of likely N-dealkylation sites (tertiary alicyclic amines) is 1. The molecule has 1 spiro atoms. The Balaban J connectivity index is 1.43. The summed E-state index contributed by atoms with van der Waals surface area (Å²) >= 11 is 0. The molecule has 138 valence electrons. The molecule has 1 atom stereocenters. The molecule has 1 amide bonds. The number of aromatic nitrogens is 1. The number of hydrogen-bond acceptors (Lipinski definition) is 3. The third-order valence-electron chi connectivity index (χ3n) is 6.33. The average Bonchev–Trinajstić information content (AvgIpc) is 3.26. The number of hydrogen-bond donors (Lipinski definition) is 1. The first-order valence-corrected chi connectivity index (χ1v) is 9.85. The zero-order chi connectivity index (χ0) is 17.7. The second-order valence-electron chi connectivity index (χ2n) is 8.06. The summed E-state index contributed by atoms with van der Waals surface area (Å²) in [7, 11) is 0. The van der Waals surface area contributed by atoms with Gasteiger partial charge in [-0.1, -0.05) is 19.1 Å². The number of para-hydroxylation sites is 1. The lowest BCUT2D eigenvalue weighted by Crippen LogP contribution is -2.47. The van der Waals surface area contributed by atoms with E-state index in [4.69, 9.17) is 9.47 Å². The second kappa shape index (κ2) is 6.10. The number of amides is 1. The molecule has 0 radical (unpaired) electrons. The number of carbonyl (C=O) groups is 1. The van der Waals surface area contributed by atoms with Crippen molar-refractivity contribution in [3.8, 4) is 0 Å². The van der Waals surface area contributed by atoms with E-state index >= 15 is 0 Å². The van der Waals surface area contributed by atoms with Gasteiger partial charge in [0, 0.05) is 37.0 Å². The summed E-state index contributed by atoms with van der Waals surface area (Å²) in [5.41, 5.74) is 4.56. The molecule has 2 aromatic rings. The number of piperidine rings is 1. The molecule has 0 saturated carbocycles. The van der Waals surface area contributed by atoms with E-state index in [-0.39, 0.29) is 5.91 Å². The number of aromatic amines is 1. The van der Waals surface area contributed by atoms with E-state index in [1.807, 2.05) is 17.0 Å². The topological polar surface area (TPSA) is 54.6 Å². The highest BCUT2D eigenvalue weighted by molar-refractivity contribution is 6.06. The van der Waals surface area contributed by atoms with E-state index in [1.54, 1.807) is 0 Å². The Hall–Kier alpha value is -1.85. The first-order chi connectivity index (χ1) is 12.7. The van der Waals surface area contributed by atoms with Gasteiger partial charge in [-0.25, -0.2) is 0 Å². The monoisotopic (exact) mass is 354 g/mol. The van der Waals surface area contributed by atoms with Crippen LogP contribution in [0.15, 0.2) is 18.2 Å². The van der Waals surface area contributed by atoms with E-state index in [1.165, 1.54) is 23.1 Å². The molecule has 1 aliphatic carbocycles. The molecule has 3 heterocycles. The Morgan fingerprint density at radius 1 is 1.23 bits per heavy atom. The number of fused-ring (bicyclic) bond motifs is 3. The maximum absolute atomic E-state index is 13.2. The van der Waals surface area contributed by atoms with E-state index in [0.29, 0.717) is 32.2 Å². The van der Waals surface area contributed by atoms with Gasteiger partial charge in [-0.15, -0.1) is 0 Å². The summed E-state index contributed by atoms with van der Waals surface area (Å²) in [5, 5.41) is 1.23. The highest BCUT2D eigenvalue weighted by atomic mass is 16.7. The van der Waals surface area contributed by atoms with Gasteiger partial charge in [0.2, 0.25) is 0 Å². The zero-order valence-electron chi connectivity index (χ0n) is 15.3. The van der Waals surface area contributed by atoms with E-state index in [9.17, 15) is 4.79 Å². The number of nitrogens with zero attached hydrogens (tertiary/aromatic N) is 1. The molecule has 3 aliphatic rings. The molecule has 1 N–H and O–H groups in total. The van der Waals surface area contributed by atoms with Crippen molar-refractivity contribution in [3.63, 3.8) is 0 Å². The molecule has 1 aromatic heterocycles. The van der Waals surface area contributed by atoms with E-state index in [2.05, 4.69) is 18.0 Å². The fraction of sp³-hybridized carbons (Fsp3) is 0.571. The van der Waals surface area contributed by atoms with Gasteiger partial charge in [0.1, 0.15) is 0 Å². The number of carbonyl (C=O) groups excluding carboxylic acids is 1. The summed E-state index contributed by atoms with van der Waals surface area (Å²) in [6.07, 6.45) is 4.92. The van der Waals surface area contributed by atoms with Crippen LogP contribution in [0.5, 0.6) is 0 Å². The lowest BCUT2D eigenvalue weighted by atomic mass is 9.87. The van der Waals surface area contributed by atoms with Crippen molar-refractivity contribution < 1.29 is 14.3 Å². The summed E-state index contributed by atoms with van der Waals surface area (Å²) in [6.45, 7) is 5.02. The fourth-order valence-electron chi connectivity index (χ4n) is 4.80. The predicted octanol–water partition coefficient (Wildman–Crippen LogP) is 3.27. The fourth-order valence-corrected chi connectivity index (χ4v) is 4.80. The molecule has 5 heteroatoms. The molecule has 26 heavy (non-hydrogen) atoms. The molecule has 2 fully saturated rings. The number of ether oxygens (including phenoxy) is 2. The van der Waals surface area contributed by atoms with Crippen molar-refractivity contribution in [3.05, 3.63) is 35.0 Å². The van der Waals surface area contributed by atoms with Gasteiger partial charge < -0.3 is 19.4 Å². The molecule has 2 aliphatic heterocycles. The van der Waals surface area contributed by atoms with Crippen molar-refractivity contribution in [2.45, 2.75) is 44.8 Å². The van der Waals surface area contributed by atoms with Crippen molar-refractivity contribution in [1.29, 1.82) is 0 Å². The van der Waals surface area contributed by atoms with Crippen LogP contribution in [-0.2, 0) is 22.3 Å². The molecule has 1 aromatic carbocycles. The minimum absolute atomic E-state index is 0.120. The van der Waals surface area contributed by atoms with Gasteiger partial charge in [0.15, 0.2) is 5.79 Å². The van der Waals surface area contributed by atoms with Crippen LogP contribution in [0.3, 0.4) is 0 Å². The van der Waals surface area contributed by atoms with Gasteiger partial charge in [-0.2, -0.15) is 0 Å². The summed E-state index contributed by atoms with van der Waals surface area (Å²) in [6, 6.07) is 6.14. The van der Waals surface area contributed by atoms with Gasteiger partial charge in [-0.05, 0) is 36.8 Å². The van der Waals surface area contributed by atoms with Crippen LogP contribution in [0, 0.1) is 5.92 Å². The average molecular weight is 354 g/mol. The van der Waals surface area contributed by atoms with Crippen LogP contribution < -0.4 is 0 Å². The Labute approximate surface area is 153 Å². The van der Waals surface area contributed by atoms with Crippen LogP contribution >= 0.6 is 0 Å². The SMILES string of the molecule is CC1CCc2[nH]c3c(C(=O)N4CCC5(CC4)OCCO5)cccc3c2C1. The van der Waals surface area contributed by atoms with Gasteiger partial charge >= 0.3 is 0 Å². The standard InChI is InChI=1S/C21H26N2O3/c1-14-5-6-18-17(13-14)15-3-2-4-16(19(15)22-18)20(24)23-9-7-21(8-10-23)25-11-12-26-21/h2-4,14,22H,5-13H2,1H3. The lowest BCUT2D eigenvalue weighted by Gasteiger charge is -2.37. The largest absolute Gasteiger partial charge is 0.358 e. The van der Waals surface area contributed by atoms with E-state index in [0.717, 1.165) is 36.8 Å². The number of H-pyrrole nitrogens is 1. The second-order valence-corrected chi connectivity index (χ2v) is 8.06. The third-order valence-corrected chi connectivity index (χ3v) is 6.33. The Morgan fingerprint density at radius 3 is 2.77 bits per heavy atom. The zero-order valence-corrected chi connectivity index (χ0v) is 15.3. The van der Waals surface area contributed by atoms with Crippen LogP contribution in [-0.4, -0.2) is 47.9 Å². The van der Waals surface area contributed by atoms with E-state index < -0.39 is 5.79 Å². The van der Waals surface area contributed by atoms with Crippen molar-refractivity contribution >= 4 is 16.8 Å². The lowest BCUT2D eigenvalue weighted by molar-refractivity contribution is -0.181. The normalized spacial score (nSPS) is 25.0. The van der Waals surface area contributed by atoms with Crippen molar-refractivity contribution in [2.24, 2.45) is 5.92 Å². The molecule has 0 bridgehead atoms. The number of benzene rings is 1. The van der Waals surface area contributed by atoms with Crippen LogP contribution in [0.4, 0.5) is 0 Å². The minimum atomic E-state index is -0.440. The minimum Gasteiger partial charge on any atom is -0.358 e. The smallest absolute Gasteiger partial charge is 0.255 e. The summed E-state index contributed by atoms with van der Waals surface area (Å²) in [5.74, 6) is 0.394. The molecule has 5 nitrogen and oxygen atoms in total. The summed E-state index contributed by atoms with van der Waals surface area (Å²) < 4.78 is 11.6. The highest BCUT2D eigenvalue weighted by Crippen LogP contribution is 2.35. The molecule has 1 unspecified atom stereocenters. The number of rotatable bonds is 1. The quantitative estimate of drug-likeness (QED) is 0.855. The Bertz CT molecular complexity index is 840. The maximum Gasteiger partial charge on any atom is 0.255 e. The summed E-state index contributed by atoms with van der Waals surface area (Å²) in [4.78, 5) is 18.7. The van der Waals surface area contributed by atoms with Gasteiger partial charge in [-0.3, -0.25) is 4.79 Å². The van der Waals surface area contributed by atoms with Crippen LogP contribution in [0.2, 0.25) is 0 Å². The van der Waals surface area contributed by atoms with Gasteiger partial charge in [0.05, 0.1) is 24.3 Å². The number of nitrogens with one attached hydrogen (secondary N) is 1. The third kappa shape index (κ3) is 2.57. The first-order valence-electron chi connectivity index (χ1n) is 9.85. The molecule has 5 rings (SSSR count).